The number of aliphatic hydroxyl groups excluding tert-OH is 2. The fourth-order valence-corrected chi connectivity index (χ4v) is 9.49. The molecule has 0 bridgehead atoms. The molecule has 5 aliphatic heterocycles. The first-order valence-electron chi connectivity index (χ1n) is 18.5. The standard InChI is InChI=1S/C38H60N6O2/c45-37(31-41-13-11-35(27-41)33-7-3-1-4-8-33)29-39-15-19-43(20-16-39)23-25-44(26-24-43)21-17-40(18-22-44)30-38(46)32-42-14-12-36(28-42)34-9-5-2-6-10-34/h1-10,35-38,45-46H,11-32H2/q+2/t35-,36+,37-,38+. The van der Waals surface area contributed by atoms with Crippen LogP contribution in [0.3, 0.4) is 0 Å². The van der Waals surface area contributed by atoms with Gasteiger partial charge in [0, 0.05) is 65.4 Å². The molecule has 252 valence electrons. The Labute approximate surface area is 278 Å². The Morgan fingerprint density at radius 1 is 0.478 bits per heavy atom. The molecule has 2 aromatic rings. The molecule has 8 heteroatoms. The Balaban J connectivity index is 0.780. The molecule has 0 radical (unpaired) electrons. The lowest BCUT2D eigenvalue weighted by Crippen LogP contribution is -2.73. The summed E-state index contributed by atoms with van der Waals surface area (Å²) >= 11 is 0. The van der Waals surface area contributed by atoms with Gasteiger partial charge in [-0.3, -0.25) is 9.80 Å². The van der Waals surface area contributed by atoms with Crippen molar-refractivity contribution in [3.63, 3.8) is 0 Å². The fourth-order valence-electron chi connectivity index (χ4n) is 9.49. The van der Waals surface area contributed by atoms with Gasteiger partial charge in [-0.25, -0.2) is 0 Å². The van der Waals surface area contributed by atoms with Gasteiger partial charge in [0.15, 0.2) is 0 Å². The normalized spacial score (nSPS) is 29.0. The van der Waals surface area contributed by atoms with E-state index in [1.54, 1.807) is 0 Å². The molecule has 5 aliphatic rings. The Hall–Kier alpha value is -1.88. The lowest BCUT2D eigenvalue weighted by atomic mass is 9.99. The molecule has 4 atom stereocenters. The molecule has 0 unspecified atom stereocenters. The molecular weight excluding hydrogens is 572 g/mol. The first-order valence-corrected chi connectivity index (χ1v) is 18.5. The van der Waals surface area contributed by atoms with Gasteiger partial charge >= 0.3 is 0 Å². The van der Waals surface area contributed by atoms with Gasteiger partial charge in [-0.1, -0.05) is 60.7 Å². The lowest BCUT2D eigenvalue weighted by molar-refractivity contribution is -1.03. The van der Waals surface area contributed by atoms with E-state index in [2.05, 4.69) is 80.3 Å². The van der Waals surface area contributed by atoms with Crippen molar-refractivity contribution in [2.24, 2.45) is 0 Å². The Bertz CT molecular complexity index is 1110. The van der Waals surface area contributed by atoms with Crippen molar-refractivity contribution in [2.45, 2.75) is 36.9 Å². The van der Waals surface area contributed by atoms with Gasteiger partial charge in [-0.05, 0) is 48.9 Å². The number of β-amino-alcohol motifs (C(OH)–C–C–N with tert-alkyl or cyclic N) is 2. The van der Waals surface area contributed by atoms with Crippen LogP contribution in [0.25, 0.3) is 0 Å². The zero-order chi connectivity index (χ0) is 31.4. The van der Waals surface area contributed by atoms with Gasteiger partial charge in [-0.15, -0.1) is 0 Å². The third-order valence-corrected chi connectivity index (χ3v) is 12.6. The molecule has 46 heavy (non-hydrogen) atoms. The van der Waals surface area contributed by atoms with Crippen LogP contribution < -0.4 is 0 Å². The molecule has 2 spiro atoms. The maximum Gasteiger partial charge on any atom is 0.129 e. The van der Waals surface area contributed by atoms with Crippen LogP contribution in [0.4, 0.5) is 0 Å². The van der Waals surface area contributed by atoms with E-state index in [4.69, 9.17) is 0 Å². The molecule has 2 aromatic carbocycles. The third-order valence-electron chi connectivity index (χ3n) is 12.6. The summed E-state index contributed by atoms with van der Waals surface area (Å²) in [6.07, 6.45) is 1.89. The van der Waals surface area contributed by atoms with Crippen molar-refractivity contribution < 1.29 is 19.2 Å². The minimum absolute atomic E-state index is 0.257. The maximum absolute atomic E-state index is 11.0. The van der Waals surface area contributed by atoms with E-state index in [-0.39, 0.29) is 12.2 Å². The topological polar surface area (TPSA) is 53.4 Å². The molecule has 0 aromatic heterocycles. The molecule has 5 heterocycles. The monoisotopic (exact) mass is 632 g/mol. The van der Waals surface area contributed by atoms with E-state index >= 15 is 0 Å². The van der Waals surface area contributed by atoms with Crippen LogP contribution in [-0.4, -0.2) is 182 Å². The number of quaternary nitrogens is 2. The van der Waals surface area contributed by atoms with Gasteiger partial charge < -0.3 is 29.0 Å². The lowest BCUT2D eigenvalue weighted by Gasteiger charge is -2.54. The van der Waals surface area contributed by atoms with Gasteiger partial charge in [0.2, 0.25) is 0 Å². The number of hydrogen-bond donors (Lipinski definition) is 2. The van der Waals surface area contributed by atoms with E-state index in [0.717, 1.165) is 78.5 Å². The van der Waals surface area contributed by atoms with Crippen LogP contribution >= 0.6 is 0 Å². The van der Waals surface area contributed by atoms with Gasteiger partial charge in [0.05, 0.1) is 38.4 Å². The van der Waals surface area contributed by atoms with Crippen molar-refractivity contribution in [2.75, 3.05) is 131 Å². The average molecular weight is 633 g/mol. The Kier molecular flexibility index (Phi) is 10.4. The predicted octanol–water partition coefficient (Wildman–Crippen LogP) is 1.97. The zero-order valence-electron chi connectivity index (χ0n) is 28.2. The van der Waals surface area contributed by atoms with E-state index in [1.165, 1.54) is 85.3 Å². The molecule has 2 N–H and O–H groups in total. The number of hydrogen-bond acceptors (Lipinski definition) is 6. The molecule has 0 saturated carbocycles. The quantitative estimate of drug-likeness (QED) is 0.391. The molecule has 0 amide bonds. The van der Waals surface area contributed by atoms with Gasteiger partial charge in [0.1, 0.15) is 26.2 Å². The summed E-state index contributed by atoms with van der Waals surface area (Å²) in [4.78, 5) is 10.0. The Morgan fingerprint density at radius 2 is 0.826 bits per heavy atom. The second-order valence-corrected chi connectivity index (χ2v) is 15.7. The highest BCUT2D eigenvalue weighted by Crippen LogP contribution is 2.29. The molecule has 0 aliphatic carbocycles. The molecule has 7 rings (SSSR count). The molecule has 5 saturated heterocycles. The third kappa shape index (κ3) is 8.04. The van der Waals surface area contributed by atoms with Crippen LogP contribution in [0.2, 0.25) is 0 Å². The number of benzene rings is 2. The highest BCUT2D eigenvalue weighted by molar-refractivity contribution is 5.22. The minimum Gasteiger partial charge on any atom is -0.390 e. The molecule has 8 nitrogen and oxygen atoms in total. The van der Waals surface area contributed by atoms with E-state index in [1.807, 2.05) is 0 Å². The van der Waals surface area contributed by atoms with Crippen LogP contribution in [0.15, 0.2) is 60.7 Å². The molecular formula is C38H60N6O2+2. The van der Waals surface area contributed by atoms with E-state index < -0.39 is 0 Å². The van der Waals surface area contributed by atoms with Crippen molar-refractivity contribution in [1.29, 1.82) is 0 Å². The second kappa shape index (κ2) is 14.7. The van der Waals surface area contributed by atoms with Crippen molar-refractivity contribution in [3.8, 4) is 0 Å². The summed E-state index contributed by atoms with van der Waals surface area (Å²) in [5, 5.41) is 21.9. The van der Waals surface area contributed by atoms with Crippen LogP contribution in [0.1, 0.15) is 35.8 Å². The summed E-state index contributed by atoms with van der Waals surface area (Å²) in [6.45, 7) is 22.3. The van der Waals surface area contributed by atoms with Crippen LogP contribution in [-0.2, 0) is 0 Å². The highest BCUT2D eigenvalue weighted by atomic mass is 16.3. The second-order valence-electron chi connectivity index (χ2n) is 15.7. The Morgan fingerprint density at radius 3 is 1.20 bits per heavy atom. The summed E-state index contributed by atoms with van der Waals surface area (Å²) in [7, 11) is 0. The number of likely N-dealkylation sites (tertiary alicyclic amines) is 2. The minimum atomic E-state index is -0.257. The summed E-state index contributed by atoms with van der Waals surface area (Å²) in [6, 6.07) is 21.8. The largest absolute Gasteiger partial charge is 0.390 e. The van der Waals surface area contributed by atoms with Crippen molar-refractivity contribution in [3.05, 3.63) is 71.8 Å². The summed E-state index contributed by atoms with van der Waals surface area (Å²) in [5.74, 6) is 1.22. The van der Waals surface area contributed by atoms with Crippen molar-refractivity contribution in [1.82, 2.24) is 19.6 Å². The SMILES string of the molecule is O[C@H](CN1CC[N+]2(CC1)CC[N+]1(CCN(C[C@H](O)CN3CC[C@H](c4ccccc4)C3)CC1)CC2)CN1CC[C@@H](c2ccccc2)C1. The zero-order valence-corrected chi connectivity index (χ0v) is 28.2. The predicted molar refractivity (Wildman–Crippen MR) is 185 cm³/mol. The summed E-state index contributed by atoms with van der Waals surface area (Å²) in [5.41, 5.74) is 2.89. The smallest absolute Gasteiger partial charge is 0.129 e. The van der Waals surface area contributed by atoms with Gasteiger partial charge in [-0.2, -0.15) is 0 Å². The van der Waals surface area contributed by atoms with Crippen molar-refractivity contribution >= 4 is 0 Å². The van der Waals surface area contributed by atoms with Gasteiger partial charge in [0.25, 0.3) is 0 Å². The van der Waals surface area contributed by atoms with Crippen LogP contribution in [0.5, 0.6) is 0 Å². The number of nitrogens with zero attached hydrogens (tertiary/aromatic N) is 6. The van der Waals surface area contributed by atoms with E-state index in [9.17, 15) is 10.2 Å². The summed E-state index contributed by atoms with van der Waals surface area (Å²) < 4.78 is 2.58. The fraction of sp³-hybridized carbons (Fsp3) is 0.684. The van der Waals surface area contributed by atoms with E-state index in [0.29, 0.717) is 11.8 Å². The number of aliphatic hydroxyl groups is 2. The first-order chi connectivity index (χ1) is 22.4. The first kappa shape index (κ1) is 32.7. The number of piperazine rings is 3. The highest BCUT2D eigenvalue weighted by Gasteiger charge is 2.45. The molecule has 5 fully saturated rings. The average Bonchev–Trinajstić information content (AvgIpc) is 3.76. The number of rotatable bonds is 10. The maximum atomic E-state index is 11.0. The van der Waals surface area contributed by atoms with Crippen LogP contribution in [0, 0.1) is 0 Å².